The normalized spacial score (nSPS) is 18.2. The van der Waals surface area contributed by atoms with Crippen LogP contribution in [0.25, 0.3) is 0 Å². The second-order valence-electron chi connectivity index (χ2n) is 3.45. The van der Waals surface area contributed by atoms with Crippen molar-refractivity contribution >= 4 is 11.9 Å². The highest BCUT2D eigenvalue weighted by atomic mass is 16.4. The average Bonchev–Trinajstić information content (AvgIpc) is 2.15. The average molecular weight is 185 g/mol. The van der Waals surface area contributed by atoms with E-state index in [0.29, 0.717) is 0 Å². The van der Waals surface area contributed by atoms with Crippen molar-refractivity contribution in [3.8, 4) is 0 Å². The topological polar surface area (TPSA) is 66.4 Å². The Hall–Kier alpha value is -1.06. The number of rotatable bonds is 3. The minimum atomic E-state index is -0.982. The molecule has 13 heavy (non-hydrogen) atoms. The molecule has 0 saturated heterocycles. The van der Waals surface area contributed by atoms with Crippen molar-refractivity contribution in [3.63, 3.8) is 0 Å². The molecule has 1 aliphatic rings. The van der Waals surface area contributed by atoms with Gasteiger partial charge >= 0.3 is 5.97 Å². The van der Waals surface area contributed by atoms with Gasteiger partial charge in [0.15, 0.2) is 0 Å². The summed E-state index contributed by atoms with van der Waals surface area (Å²) in [6.45, 7) is -0.255. The van der Waals surface area contributed by atoms with Gasteiger partial charge in [-0.3, -0.25) is 9.59 Å². The SMILES string of the molecule is O=C(O)CNC(=O)C1CCCCC1. The van der Waals surface area contributed by atoms with E-state index in [2.05, 4.69) is 5.32 Å². The summed E-state index contributed by atoms with van der Waals surface area (Å²) in [4.78, 5) is 21.5. The lowest BCUT2D eigenvalue weighted by Crippen LogP contribution is -2.35. The number of amides is 1. The molecular weight excluding hydrogens is 170 g/mol. The zero-order valence-electron chi connectivity index (χ0n) is 7.58. The van der Waals surface area contributed by atoms with Crippen LogP contribution in [0.1, 0.15) is 32.1 Å². The summed E-state index contributed by atoms with van der Waals surface area (Å²) in [6.07, 6.45) is 5.19. The number of nitrogens with one attached hydrogen (secondary N) is 1. The summed E-state index contributed by atoms with van der Waals surface area (Å²) in [7, 11) is 0. The fraction of sp³-hybridized carbons (Fsp3) is 0.778. The van der Waals surface area contributed by atoms with E-state index < -0.39 is 5.97 Å². The van der Waals surface area contributed by atoms with E-state index in [9.17, 15) is 9.59 Å². The third-order valence-electron chi connectivity index (χ3n) is 2.39. The Balaban J connectivity index is 2.25. The van der Waals surface area contributed by atoms with Gasteiger partial charge in [-0.25, -0.2) is 0 Å². The molecule has 1 rings (SSSR count). The summed E-state index contributed by atoms with van der Waals surface area (Å²) in [5.74, 6) is -1.03. The Morgan fingerprint density at radius 1 is 1.23 bits per heavy atom. The molecule has 0 radical (unpaired) electrons. The lowest BCUT2D eigenvalue weighted by atomic mass is 9.89. The summed E-state index contributed by atoms with van der Waals surface area (Å²) >= 11 is 0. The molecule has 0 aliphatic heterocycles. The van der Waals surface area contributed by atoms with E-state index in [4.69, 9.17) is 5.11 Å². The molecule has 1 fully saturated rings. The van der Waals surface area contributed by atoms with Crippen molar-refractivity contribution < 1.29 is 14.7 Å². The highest BCUT2D eigenvalue weighted by molar-refractivity contribution is 5.82. The number of carbonyl (C=O) groups excluding carboxylic acids is 1. The summed E-state index contributed by atoms with van der Waals surface area (Å²) in [6, 6.07) is 0. The Morgan fingerprint density at radius 3 is 2.38 bits per heavy atom. The summed E-state index contributed by atoms with van der Waals surface area (Å²) < 4.78 is 0. The van der Waals surface area contributed by atoms with Crippen LogP contribution in [-0.2, 0) is 9.59 Å². The maximum absolute atomic E-state index is 11.3. The fourth-order valence-corrected chi connectivity index (χ4v) is 1.67. The first kappa shape index (κ1) is 10.0. The largest absolute Gasteiger partial charge is 0.480 e. The molecule has 0 spiro atoms. The van der Waals surface area contributed by atoms with Crippen molar-refractivity contribution in [2.75, 3.05) is 6.54 Å². The molecule has 0 bridgehead atoms. The molecule has 1 amide bonds. The highest BCUT2D eigenvalue weighted by Crippen LogP contribution is 2.23. The van der Waals surface area contributed by atoms with Crippen molar-refractivity contribution in [3.05, 3.63) is 0 Å². The van der Waals surface area contributed by atoms with Crippen LogP contribution >= 0.6 is 0 Å². The lowest BCUT2D eigenvalue weighted by Gasteiger charge is -2.20. The van der Waals surface area contributed by atoms with Gasteiger partial charge in [-0.2, -0.15) is 0 Å². The van der Waals surface area contributed by atoms with Gasteiger partial charge in [-0.15, -0.1) is 0 Å². The number of carboxylic acid groups (broad SMARTS) is 1. The zero-order valence-corrected chi connectivity index (χ0v) is 7.58. The minimum absolute atomic E-state index is 0.0492. The molecule has 2 N–H and O–H groups in total. The Kier molecular flexibility index (Phi) is 3.73. The van der Waals surface area contributed by atoms with Gasteiger partial charge in [-0.05, 0) is 12.8 Å². The van der Waals surface area contributed by atoms with E-state index in [1.807, 2.05) is 0 Å². The maximum atomic E-state index is 11.3. The molecule has 1 saturated carbocycles. The van der Waals surface area contributed by atoms with Gasteiger partial charge in [-0.1, -0.05) is 19.3 Å². The quantitative estimate of drug-likeness (QED) is 0.682. The number of aliphatic carboxylic acids is 1. The van der Waals surface area contributed by atoms with Crippen LogP contribution in [0, 0.1) is 5.92 Å². The van der Waals surface area contributed by atoms with Gasteiger partial charge in [0.25, 0.3) is 0 Å². The van der Waals surface area contributed by atoms with E-state index in [1.165, 1.54) is 6.42 Å². The first-order valence-electron chi connectivity index (χ1n) is 4.69. The van der Waals surface area contributed by atoms with E-state index in [-0.39, 0.29) is 18.4 Å². The van der Waals surface area contributed by atoms with Crippen molar-refractivity contribution in [2.45, 2.75) is 32.1 Å². The fourth-order valence-electron chi connectivity index (χ4n) is 1.67. The first-order chi connectivity index (χ1) is 6.20. The second kappa shape index (κ2) is 4.84. The van der Waals surface area contributed by atoms with E-state index >= 15 is 0 Å². The Bertz CT molecular complexity index is 197. The number of carboxylic acids is 1. The molecule has 0 atom stereocenters. The molecule has 0 aromatic carbocycles. The second-order valence-corrected chi connectivity index (χ2v) is 3.45. The smallest absolute Gasteiger partial charge is 0.322 e. The summed E-state index contributed by atoms with van der Waals surface area (Å²) in [5.41, 5.74) is 0. The molecule has 1 aliphatic carbocycles. The Morgan fingerprint density at radius 2 is 1.85 bits per heavy atom. The molecule has 0 aromatic heterocycles. The van der Waals surface area contributed by atoms with Crippen LogP contribution in [-0.4, -0.2) is 23.5 Å². The van der Waals surface area contributed by atoms with Crippen molar-refractivity contribution in [2.24, 2.45) is 5.92 Å². The molecule has 4 nitrogen and oxygen atoms in total. The molecular formula is C9H15NO3. The number of carbonyl (C=O) groups is 2. The van der Waals surface area contributed by atoms with Gasteiger partial charge < -0.3 is 10.4 Å². The van der Waals surface area contributed by atoms with Crippen LogP contribution in [0.4, 0.5) is 0 Å². The van der Waals surface area contributed by atoms with Gasteiger partial charge in [0, 0.05) is 5.92 Å². The number of hydrogen-bond acceptors (Lipinski definition) is 2. The minimum Gasteiger partial charge on any atom is -0.480 e. The number of hydrogen-bond donors (Lipinski definition) is 2. The predicted molar refractivity (Wildman–Crippen MR) is 47.2 cm³/mol. The zero-order chi connectivity index (χ0) is 9.68. The molecule has 74 valence electrons. The van der Waals surface area contributed by atoms with Crippen LogP contribution in [0.15, 0.2) is 0 Å². The van der Waals surface area contributed by atoms with Crippen LogP contribution in [0.2, 0.25) is 0 Å². The standard InChI is InChI=1S/C9H15NO3/c11-8(12)6-10-9(13)7-4-2-1-3-5-7/h7H,1-6H2,(H,10,13)(H,11,12). The van der Waals surface area contributed by atoms with E-state index in [0.717, 1.165) is 25.7 Å². The molecule has 0 heterocycles. The van der Waals surface area contributed by atoms with Gasteiger partial charge in [0.2, 0.25) is 5.91 Å². The maximum Gasteiger partial charge on any atom is 0.322 e. The van der Waals surface area contributed by atoms with Gasteiger partial charge in [0.1, 0.15) is 6.54 Å². The Labute approximate surface area is 77.3 Å². The lowest BCUT2D eigenvalue weighted by molar-refractivity contribution is -0.138. The predicted octanol–water partition coefficient (Wildman–Crippen LogP) is 0.767. The van der Waals surface area contributed by atoms with Crippen LogP contribution in [0.5, 0.6) is 0 Å². The van der Waals surface area contributed by atoms with Crippen LogP contribution < -0.4 is 5.32 Å². The van der Waals surface area contributed by atoms with Crippen molar-refractivity contribution in [1.82, 2.24) is 5.32 Å². The third-order valence-corrected chi connectivity index (χ3v) is 2.39. The molecule has 0 unspecified atom stereocenters. The molecule has 0 aromatic rings. The third kappa shape index (κ3) is 3.44. The monoisotopic (exact) mass is 185 g/mol. The molecule has 4 heteroatoms. The van der Waals surface area contributed by atoms with Crippen LogP contribution in [0.3, 0.4) is 0 Å². The van der Waals surface area contributed by atoms with E-state index in [1.54, 1.807) is 0 Å². The summed E-state index contributed by atoms with van der Waals surface area (Å²) in [5, 5.41) is 10.8. The highest BCUT2D eigenvalue weighted by Gasteiger charge is 2.20. The van der Waals surface area contributed by atoms with Crippen molar-refractivity contribution in [1.29, 1.82) is 0 Å². The first-order valence-corrected chi connectivity index (χ1v) is 4.69. The van der Waals surface area contributed by atoms with Gasteiger partial charge in [0.05, 0.1) is 0 Å².